The highest BCUT2D eigenvalue weighted by Gasteiger charge is 2.15. The number of hydrogen-bond donors (Lipinski definition) is 1. The maximum absolute atomic E-state index is 12.3. The minimum Gasteiger partial charge on any atom is -0.494 e. The van der Waals surface area contributed by atoms with E-state index in [2.05, 4.69) is 10.3 Å². The second-order valence-corrected chi connectivity index (χ2v) is 4.72. The Balaban J connectivity index is 2.10. The highest BCUT2D eigenvalue weighted by Crippen LogP contribution is 2.19. The predicted molar refractivity (Wildman–Crippen MR) is 83.9 cm³/mol. The Kier molecular flexibility index (Phi) is 5.91. The van der Waals surface area contributed by atoms with E-state index in [-0.39, 0.29) is 11.9 Å². The number of pyridine rings is 1. The highest BCUT2D eigenvalue weighted by atomic mass is 16.5. The quantitative estimate of drug-likeness (QED) is 0.854. The molecule has 1 atom stereocenters. The SMILES string of the molecule is CCOc1ccc(C(COC)NC(=O)c2ccncc2)cc1. The summed E-state index contributed by atoms with van der Waals surface area (Å²) in [6, 6.07) is 10.8. The van der Waals surface area contributed by atoms with Crippen LogP contribution in [0.2, 0.25) is 0 Å². The Morgan fingerprint density at radius 2 is 1.86 bits per heavy atom. The number of methoxy groups -OCH3 is 1. The van der Waals surface area contributed by atoms with E-state index in [1.54, 1.807) is 31.6 Å². The first-order valence-electron chi connectivity index (χ1n) is 7.17. The van der Waals surface area contributed by atoms with Gasteiger partial charge in [0.2, 0.25) is 0 Å². The molecule has 1 amide bonds. The van der Waals surface area contributed by atoms with E-state index in [9.17, 15) is 4.79 Å². The van der Waals surface area contributed by atoms with Gasteiger partial charge in [-0.05, 0) is 36.8 Å². The van der Waals surface area contributed by atoms with Crippen LogP contribution in [-0.4, -0.2) is 31.2 Å². The van der Waals surface area contributed by atoms with E-state index in [1.807, 2.05) is 31.2 Å². The molecule has 0 aliphatic rings. The van der Waals surface area contributed by atoms with Crippen molar-refractivity contribution < 1.29 is 14.3 Å². The molecule has 0 saturated carbocycles. The summed E-state index contributed by atoms with van der Waals surface area (Å²) in [7, 11) is 1.61. The van der Waals surface area contributed by atoms with Gasteiger partial charge in [0.1, 0.15) is 5.75 Å². The first-order chi connectivity index (χ1) is 10.7. The molecule has 1 N–H and O–H groups in total. The average Bonchev–Trinajstić information content (AvgIpc) is 2.56. The molecule has 0 bridgehead atoms. The minimum atomic E-state index is -0.221. The number of benzene rings is 1. The van der Waals surface area contributed by atoms with Crippen molar-refractivity contribution in [1.29, 1.82) is 0 Å². The van der Waals surface area contributed by atoms with Gasteiger partial charge in [0.15, 0.2) is 0 Å². The van der Waals surface area contributed by atoms with Crippen LogP contribution in [0.3, 0.4) is 0 Å². The summed E-state index contributed by atoms with van der Waals surface area (Å²) in [6.45, 7) is 2.96. The van der Waals surface area contributed by atoms with Crippen molar-refractivity contribution in [2.45, 2.75) is 13.0 Å². The first-order valence-corrected chi connectivity index (χ1v) is 7.17. The van der Waals surface area contributed by atoms with Crippen LogP contribution in [0.5, 0.6) is 5.75 Å². The summed E-state index contributed by atoms with van der Waals surface area (Å²) >= 11 is 0. The van der Waals surface area contributed by atoms with E-state index in [4.69, 9.17) is 9.47 Å². The Hall–Kier alpha value is -2.40. The monoisotopic (exact) mass is 300 g/mol. The first kappa shape index (κ1) is 16.0. The van der Waals surface area contributed by atoms with Crippen LogP contribution in [0.4, 0.5) is 0 Å². The molecule has 1 heterocycles. The standard InChI is InChI=1S/C17H20N2O3/c1-3-22-15-6-4-13(5-7-15)16(12-21-2)19-17(20)14-8-10-18-11-9-14/h4-11,16H,3,12H2,1-2H3,(H,19,20). The zero-order chi connectivity index (χ0) is 15.8. The smallest absolute Gasteiger partial charge is 0.251 e. The van der Waals surface area contributed by atoms with Gasteiger partial charge in [0.25, 0.3) is 5.91 Å². The summed E-state index contributed by atoms with van der Waals surface area (Å²) in [5, 5.41) is 2.97. The molecule has 0 aliphatic heterocycles. The summed E-state index contributed by atoms with van der Waals surface area (Å²) < 4.78 is 10.6. The summed E-state index contributed by atoms with van der Waals surface area (Å²) in [4.78, 5) is 16.2. The molecule has 0 radical (unpaired) electrons. The van der Waals surface area contributed by atoms with Crippen LogP contribution >= 0.6 is 0 Å². The van der Waals surface area contributed by atoms with Crippen LogP contribution in [0.25, 0.3) is 0 Å². The van der Waals surface area contributed by atoms with Gasteiger partial charge in [0.05, 0.1) is 19.3 Å². The lowest BCUT2D eigenvalue weighted by Gasteiger charge is -2.19. The van der Waals surface area contributed by atoms with Crippen molar-refractivity contribution >= 4 is 5.91 Å². The van der Waals surface area contributed by atoms with E-state index >= 15 is 0 Å². The van der Waals surface area contributed by atoms with Crippen LogP contribution in [-0.2, 0) is 4.74 Å². The normalized spacial score (nSPS) is 11.7. The number of nitrogens with zero attached hydrogens (tertiary/aromatic N) is 1. The molecule has 0 aliphatic carbocycles. The van der Waals surface area contributed by atoms with Crippen molar-refractivity contribution in [3.8, 4) is 5.75 Å². The van der Waals surface area contributed by atoms with Gasteiger partial charge in [-0.15, -0.1) is 0 Å². The topological polar surface area (TPSA) is 60.5 Å². The fraction of sp³-hybridized carbons (Fsp3) is 0.294. The summed E-state index contributed by atoms with van der Waals surface area (Å²) in [6.07, 6.45) is 3.19. The van der Waals surface area contributed by atoms with Gasteiger partial charge in [-0.25, -0.2) is 0 Å². The Bertz CT molecular complexity index is 585. The highest BCUT2D eigenvalue weighted by molar-refractivity contribution is 5.94. The zero-order valence-electron chi connectivity index (χ0n) is 12.8. The van der Waals surface area contributed by atoms with Crippen molar-refractivity contribution in [3.63, 3.8) is 0 Å². The number of carbonyl (C=O) groups excluding carboxylic acids is 1. The fourth-order valence-electron chi connectivity index (χ4n) is 2.10. The van der Waals surface area contributed by atoms with Gasteiger partial charge < -0.3 is 14.8 Å². The van der Waals surface area contributed by atoms with E-state index in [0.717, 1.165) is 11.3 Å². The van der Waals surface area contributed by atoms with Crippen LogP contribution in [0.15, 0.2) is 48.8 Å². The van der Waals surface area contributed by atoms with Crippen LogP contribution in [0.1, 0.15) is 28.9 Å². The lowest BCUT2D eigenvalue weighted by Crippen LogP contribution is -2.31. The lowest BCUT2D eigenvalue weighted by atomic mass is 10.1. The Labute approximate surface area is 130 Å². The maximum atomic E-state index is 12.3. The lowest BCUT2D eigenvalue weighted by molar-refractivity contribution is 0.0896. The van der Waals surface area contributed by atoms with Crippen LogP contribution in [0, 0.1) is 0 Å². The number of aromatic nitrogens is 1. The minimum absolute atomic E-state index is 0.154. The molecule has 5 nitrogen and oxygen atoms in total. The Morgan fingerprint density at radius 3 is 2.45 bits per heavy atom. The number of ether oxygens (including phenoxy) is 2. The second-order valence-electron chi connectivity index (χ2n) is 4.72. The summed E-state index contributed by atoms with van der Waals surface area (Å²) in [5.41, 5.74) is 1.54. The number of rotatable bonds is 7. The van der Waals surface area contributed by atoms with E-state index < -0.39 is 0 Å². The van der Waals surface area contributed by atoms with Gasteiger partial charge in [0, 0.05) is 25.1 Å². The zero-order valence-corrected chi connectivity index (χ0v) is 12.8. The molecule has 116 valence electrons. The van der Waals surface area contributed by atoms with Gasteiger partial charge in [-0.2, -0.15) is 0 Å². The molecule has 1 unspecified atom stereocenters. The van der Waals surface area contributed by atoms with Crippen molar-refractivity contribution in [1.82, 2.24) is 10.3 Å². The second kappa shape index (κ2) is 8.14. The number of amides is 1. The third-order valence-electron chi connectivity index (χ3n) is 3.17. The average molecular weight is 300 g/mol. The van der Waals surface area contributed by atoms with Crippen molar-refractivity contribution in [2.75, 3.05) is 20.3 Å². The Morgan fingerprint density at radius 1 is 1.18 bits per heavy atom. The number of carbonyl (C=O) groups is 1. The van der Waals surface area contributed by atoms with Crippen molar-refractivity contribution in [3.05, 3.63) is 59.9 Å². The molecule has 5 heteroatoms. The summed E-state index contributed by atoms with van der Waals surface area (Å²) in [5.74, 6) is 0.654. The van der Waals surface area contributed by atoms with E-state index in [1.165, 1.54) is 0 Å². The molecule has 0 fully saturated rings. The molecule has 1 aromatic heterocycles. The number of hydrogen-bond acceptors (Lipinski definition) is 4. The third kappa shape index (κ3) is 4.30. The molecule has 0 saturated heterocycles. The van der Waals surface area contributed by atoms with Gasteiger partial charge in [-0.1, -0.05) is 12.1 Å². The van der Waals surface area contributed by atoms with Crippen molar-refractivity contribution in [2.24, 2.45) is 0 Å². The molecule has 2 aromatic rings. The maximum Gasteiger partial charge on any atom is 0.251 e. The molecule has 0 spiro atoms. The predicted octanol–water partition coefficient (Wildman–Crippen LogP) is 2.60. The fourth-order valence-corrected chi connectivity index (χ4v) is 2.10. The van der Waals surface area contributed by atoms with E-state index in [0.29, 0.717) is 18.8 Å². The molecular weight excluding hydrogens is 280 g/mol. The third-order valence-corrected chi connectivity index (χ3v) is 3.17. The molecule has 1 aromatic carbocycles. The van der Waals surface area contributed by atoms with Crippen LogP contribution < -0.4 is 10.1 Å². The molecule has 2 rings (SSSR count). The van der Waals surface area contributed by atoms with Gasteiger partial charge in [-0.3, -0.25) is 9.78 Å². The largest absolute Gasteiger partial charge is 0.494 e. The molecule has 22 heavy (non-hydrogen) atoms. The number of nitrogens with one attached hydrogen (secondary N) is 1. The molecular formula is C17H20N2O3. The van der Waals surface area contributed by atoms with Gasteiger partial charge >= 0.3 is 0 Å².